The first kappa shape index (κ1) is 15.7. The largest absolute Gasteiger partial charge is 0.338 e. The zero-order valence-electron chi connectivity index (χ0n) is 12.8. The molecule has 1 aromatic heterocycles. The summed E-state index contributed by atoms with van der Waals surface area (Å²) in [6, 6.07) is 6.60. The van der Waals surface area contributed by atoms with Gasteiger partial charge >= 0.3 is 0 Å². The zero-order chi connectivity index (χ0) is 16.4. The normalized spacial score (nSPS) is 13.8. The molecule has 0 atom stereocenters. The van der Waals surface area contributed by atoms with Crippen molar-refractivity contribution in [2.75, 3.05) is 11.1 Å². The van der Waals surface area contributed by atoms with E-state index in [-0.39, 0.29) is 23.0 Å². The predicted octanol–water partition coefficient (Wildman–Crippen LogP) is 2.27. The number of amides is 1. The van der Waals surface area contributed by atoms with E-state index in [1.165, 1.54) is 0 Å². The van der Waals surface area contributed by atoms with Crippen molar-refractivity contribution in [3.8, 4) is 0 Å². The molecule has 0 fully saturated rings. The maximum Gasteiger partial charge on any atom is 0.234 e. The van der Waals surface area contributed by atoms with Gasteiger partial charge in [-0.1, -0.05) is 22.9 Å². The quantitative estimate of drug-likeness (QED) is 0.906. The molecule has 7 heteroatoms. The first-order chi connectivity index (χ1) is 11.0. The van der Waals surface area contributed by atoms with Gasteiger partial charge in [0.25, 0.3) is 0 Å². The van der Waals surface area contributed by atoms with Crippen molar-refractivity contribution in [2.45, 2.75) is 37.5 Å². The fourth-order valence-electron chi connectivity index (χ4n) is 2.61. The Labute approximate surface area is 134 Å². The second kappa shape index (κ2) is 6.16. The average Bonchev–Trinajstić information content (AvgIpc) is 3.11. The van der Waals surface area contributed by atoms with Crippen molar-refractivity contribution in [3.05, 3.63) is 41.1 Å². The van der Waals surface area contributed by atoms with Crippen molar-refractivity contribution >= 4 is 21.6 Å². The lowest BCUT2D eigenvalue weighted by atomic mass is 10.2. The van der Waals surface area contributed by atoms with Crippen LogP contribution in [-0.2, 0) is 27.5 Å². The Balaban J connectivity index is 1.61. The first-order valence-electron chi connectivity index (χ1n) is 7.52. The SMILES string of the molecule is Cc1ccc(S(=O)(=O)CCC(=O)Nc2onc3c2CCC3)cc1. The molecule has 0 aliphatic heterocycles. The van der Waals surface area contributed by atoms with E-state index in [2.05, 4.69) is 10.5 Å². The van der Waals surface area contributed by atoms with Crippen molar-refractivity contribution < 1.29 is 17.7 Å². The minimum atomic E-state index is -3.47. The summed E-state index contributed by atoms with van der Waals surface area (Å²) in [6.45, 7) is 1.89. The Bertz CT molecular complexity index is 822. The van der Waals surface area contributed by atoms with Crippen LogP contribution < -0.4 is 5.32 Å². The van der Waals surface area contributed by atoms with E-state index in [4.69, 9.17) is 4.52 Å². The van der Waals surface area contributed by atoms with Crippen LogP contribution in [0.25, 0.3) is 0 Å². The van der Waals surface area contributed by atoms with Crippen LogP contribution >= 0.6 is 0 Å². The molecule has 0 saturated carbocycles. The molecule has 1 heterocycles. The lowest BCUT2D eigenvalue weighted by Crippen LogP contribution is -2.17. The molecule has 0 unspecified atom stereocenters. The molecule has 1 aromatic carbocycles. The third-order valence-corrected chi connectivity index (χ3v) is 5.67. The number of carbonyl (C=O) groups is 1. The first-order valence-corrected chi connectivity index (χ1v) is 9.17. The number of aromatic nitrogens is 1. The van der Waals surface area contributed by atoms with Gasteiger partial charge in [0, 0.05) is 12.0 Å². The van der Waals surface area contributed by atoms with E-state index >= 15 is 0 Å². The summed E-state index contributed by atoms with van der Waals surface area (Å²) in [5.41, 5.74) is 2.80. The number of aryl methyl sites for hydroxylation is 2. The molecule has 0 saturated heterocycles. The molecule has 0 spiro atoms. The summed E-state index contributed by atoms with van der Waals surface area (Å²) in [6.07, 6.45) is 2.57. The van der Waals surface area contributed by atoms with Gasteiger partial charge in [0.15, 0.2) is 9.84 Å². The molecule has 3 rings (SSSR count). The lowest BCUT2D eigenvalue weighted by molar-refractivity contribution is -0.116. The molecule has 1 N–H and O–H groups in total. The summed E-state index contributed by atoms with van der Waals surface area (Å²) < 4.78 is 29.6. The number of anilines is 1. The molecule has 6 nitrogen and oxygen atoms in total. The van der Waals surface area contributed by atoms with Crippen molar-refractivity contribution in [2.24, 2.45) is 0 Å². The Morgan fingerprint density at radius 1 is 1.26 bits per heavy atom. The van der Waals surface area contributed by atoms with Gasteiger partial charge in [-0.25, -0.2) is 8.42 Å². The topological polar surface area (TPSA) is 89.3 Å². The number of hydrogen-bond donors (Lipinski definition) is 1. The van der Waals surface area contributed by atoms with E-state index < -0.39 is 9.84 Å². The van der Waals surface area contributed by atoms with E-state index in [9.17, 15) is 13.2 Å². The molecule has 1 aliphatic rings. The number of benzene rings is 1. The third-order valence-electron chi connectivity index (χ3n) is 3.94. The van der Waals surface area contributed by atoms with E-state index in [0.29, 0.717) is 5.88 Å². The molecule has 23 heavy (non-hydrogen) atoms. The summed E-state index contributed by atoms with van der Waals surface area (Å²) in [7, 11) is -3.47. The molecular weight excluding hydrogens is 316 g/mol. The fraction of sp³-hybridized carbons (Fsp3) is 0.375. The molecular formula is C16H18N2O4S. The van der Waals surface area contributed by atoms with Gasteiger partial charge in [-0.15, -0.1) is 0 Å². The van der Waals surface area contributed by atoms with Crippen molar-refractivity contribution in [1.29, 1.82) is 0 Å². The van der Waals surface area contributed by atoms with E-state index in [1.807, 2.05) is 6.92 Å². The number of nitrogens with one attached hydrogen (secondary N) is 1. The van der Waals surface area contributed by atoms with Crippen LogP contribution in [-0.4, -0.2) is 25.2 Å². The van der Waals surface area contributed by atoms with Gasteiger partial charge in [-0.05, 0) is 38.3 Å². The number of hydrogen-bond acceptors (Lipinski definition) is 5. The van der Waals surface area contributed by atoms with Crippen LogP contribution in [0.5, 0.6) is 0 Å². The summed E-state index contributed by atoms with van der Waals surface area (Å²) in [5, 5.41) is 6.53. The number of nitrogens with zero attached hydrogens (tertiary/aromatic N) is 1. The van der Waals surface area contributed by atoms with Crippen LogP contribution in [0, 0.1) is 6.92 Å². The van der Waals surface area contributed by atoms with Gasteiger partial charge in [0.1, 0.15) is 0 Å². The van der Waals surface area contributed by atoms with Crippen LogP contribution in [0.1, 0.15) is 29.7 Å². The van der Waals surface area contributed by atoms with Crippen molar-refractivity contribution in [3.63, 3.8) is 0 Å². The lowest BCUT2D eigenvalue weighted by Gasteiger charge is -2.05. The summed E-state index contributed by atoms with van der Waals surface area (Å²) in [5.74, 6) is -0.264. The van der Waals surface area contributed by atoms with E-state index in [0.717, 1.165) is 36.1 Å². The Kier molecular flexibility index (Phi) is 4.21. The highest BCUT2D eigenvalue weighted by Gasteiger charge is 2.23. The maximum atomic E-state index is 12.2. The second-order valence-electron chi connectivity index (χ2n) is 5.72. The molecule has 0 bridgehead atoms. The van der Waals surface area contributed by atoms with Gasteiger partial charge in [0.05, 0.1) is 16.3 Å². The van der Waals surface area contributed by atoms with Gasteiger partial charge in [-0.2, -0.15) is 0 Å². The Morgan fingerprint density at radius 3 is 2.74 bits per heavy atom. The maximum absolute atomic E-state index is 12.2. The second-order valence-corrected chi connectivity index (χ2v) is 7.83. The highest BCUT2D eigenvalue weighted by molar-refractivity contribution is 7.91. The smallest absolute Gasteiger partial charge is 0.234 e. The van der Waals surface area contributed by atoms with Crippen LogP contribution in [0.15, 0.2) is 33.7 Å². The number of sulfone groups is 1. The summed E-state index contributed by atoms with van der Waals surface area (Å²) in [4.78, 5) is 12.2. The Morgan fingerprint density at radius 2 is 2.00 bits per heavy atom. The van der Waals surface area contributed by atoms with Gasteiger partial charge < -0.3 is 4.52 Å². The van der Waals surface area contributed by atoms with Crippen molar-refractivity contribution in [1.82, 2.24) is 5.16 Å². The fourth-order valence-corrected chi connectivity index (χ4v) is 3.85. The highest BCUT2D eigenvalue weighted by atomic mass is 32.2. The third kappa shape index (κ3) is 3.44. The van der Waals surface area contributed by atoms with E-state index in [1.54, 1.807) is 24.3 Å². The molecule has 1 aliphatic carbocycles. The monoisotopic (exact) mass is 334 g/mol. The predicted molar refractivity (Wildman–Crippen MR) is 85.0 cm³/mol. The standard InChI is InChI=1S/C16H18N2O4S/c1-11-5-7-12(8-6-11)23(20,21)10-9-15(19)17-16-13-3-2-4-14(13)18-22-16/h5-8H,2-4,9-10H2,1H3,(H,17,19). The van der Waals surface area contributed by atoms with Crippen LogP contribution in [0.3, 0.4) is 0 Å². The highest BCUT2D eigenvalue weighted by Crippen LogP contribution is 2.28. The minimum absolute atomic E-state index is 0.119. The molecule has 1 amide bonds. The van der Waals surface area contributed by atoms with Gasteiger partial charge in [-0.3, -0.25) is 10.1 Å². The molecule has 0 radical (unpaired) electrons. The van der Waals surface area contributed by atoms with Gasteiger partial charge in [0.2, 0.25) is 11.8 Å². The number of rotatable bonds is 5. The Hall–Kier alpha value is -2.15. The molecule has 122 valence electrons. The number of fused-ring (bicyclic) bond motifs is 1. The van der Waals surface area contributed by atoms with Crippen LogP contribution in [0.4, 0.5) is 5.88 Å². The zero-order valence-corrected chi connectivity index (χ0v) is 13.6. The average molecular weight is 334 g/mol. The number of carbonyl (C=O) groups excluding carboxylic acids is 1. The van der Waals surface area contributed by atoms with Crippen LogP contribution in [0.2, 0.25) is 0 Å². The molecule has 2 aromatic rings. The summed E-state index contributed by atoms with van der Waals surface area (Å²) >= 11 is 0. The minimum Gasteiger partial charge on any atom is -0.338 e.